The van der Waals surface area contributed by atoms with Crippen LogP contribution in [0, 0.1) is 5.92 Å². The molecular formula is C22H26N6O2S3. The Balaban J connectivity index is 1.26. The fourth-order valence-electron chi connectivity index (χ4n) is 3.93. The lowest BCUT2D eigenvalue weighted by molar-refractivity contribution is 0.0953. The van der Waals surface area contributed by atoms with Crippen molar-refractivity contribution in [1.29, 1.82) is 0 Å². The second kappa shape index (κ2) is 10.5. The molecule has 0 aliphatic carbocycles. The van der Waals surface area contributed by atoms with Gasteiger partial charge in [-0.1, -0.05) is 12.2 Å². The Bertz CT molecular complexity index is 1170. The number of rotatable bonds is 8. The van der Waals surface area contributed by atoms with Gasteiger partial charge in [0.1, 0.15) is 17.1 Å². The molecule has 8 nitrogen and oxygen atoms in total. The number of aromatic nitrogens is 2. The van der Waals surface area contributed by atoms with Gasteiger partial charge in [-0.25, -0.2) is 9.97 Å². The van der Waals surface area contributed by atoms with Gasteiger partial charge in [0.2, 0.25) is 0 Å². The van der Waals surface area contributed by atoms with Gasteiger partial charge in [0, 0.05) is 26.2 Å². The number of carbonyl (C=O) groups is 2. The van der Waals surface area contributed by atoms with Crippen molar-refractivity contribution in [3.63, 3.8) is 0 Å². The first-order chi connectivity index (χ1) is 16.0. The minimum absolute atomic E-state index is 0.0469. The van der Waals surface area contributed by atoms with E-state index in [-0.39, 0.29) is 5.91 Å². The molecule has 3 aromatic rings. The second-order valence-electron chi connectivity index (χ2n) is 7.88. The maximum atomic E-state index is 12.5. The molecule has 1 saturated heterocycles. The van der Waals surface area contributed by atoms with Crippen LogP contribution in [0.25, 0.3) is 10.2 Å². The molecule has 2 amide bonds. The molecule has 33 heavy (non-hydrogen) atoms. The summed E-state index contributed by atoms with van der Waals surface area (Å²) in [6.45, 7) is 5.17. The zero-order valence-electron chi connectivity index (χ0n) is 18.3. The van der Waals surface area contributed by atoms with Gasteiger partial charge in [-0.2, -0.15) is 0 Å². The summed E-state index contributed by atoms with van der Waals surface area (Å²) in [7, 11) is 0. The maximum absolute atomic E-state index is 12.5. The summed E-state index contributed by atoms with van der Waals surface area (Å²) in [5.74, 6) is 0.926. The molecule has 174 valence electrons. The number of thiophene rings is 2. The molecule has 1 aliphatic heterocycles. The summed E-state index contributed by atoms with van der Waals surface area (Å²) in [6, 6.07) is 5.45. The first kappa shape index (κ1) is 23.5. The topological polar surface area (TPSA) is 113 Å². The van der Waals surface area contributed by atoms with Crippen LogP contribution in [0.4, 0.5) is 5.82 Å². The van der Waals surface area contributed by atoms with E-state index in [0.717, 1.165) is 59.8 Å². The Morgan fingerprint density at radius 1 is 1.15 bits per heavy atom. The van der Waals surface area contributed by atoms with Crippen LogP contribution < -0.4 is 21.3 Å². The highest BCUT2D eigenvalue weighted by atomic mass is 32.1. The summed E-state index contributed by atoms with van der Waals surface area (Å²) in [6.07, 6.45) is 4.53. The van der Waals surface area contributed by atoms with Crippen molar-refractivity contribution in [3.05, 3.63) is 39.2 Å². The molecular weight excluding hydrogens is 476 g/mol. The van der Waals surface area contributed by atoms with Gasteiger partial charge in [-0.05, 0) is 50.3 Å². The van der Waals surface area contributed by atoms with Crippen LogP contribution in [0.5, 0.6) is 0 Å². The minimum Gasteiger partial charge on any atom is -0.375 e. The molecule has 1 aliphatic rings. The van der Waals surface area contributed by atoms with E-state index in [9.17, 15) is 9.59 Å². The number of primary amides is 1. The molecule has 4 rings (SSSR count). The Labute approximate surface area is 205 Å². The van der Waals surface area contributed by atoms with Crippen molar-refractivity contribution < 1.29 is 9.59 Å². The normalized spacial score (nSPS) is 14.4. The first-order valence-electron chi connectivity index (χ1n) is 10.9. The third kappa shape index (κ3) is 5.48. The van der Waals surface area contributed by atoms with E-state index in [0.29, 0.717) is 27.2 Å². The summed E-state index contributed by atoms with van der Waals surface area (Å²) in [4.78, 5) is 37.8. The maximum Gasteiger partial charge on any atom is 0.261 e. The van der Waals surface area contributed by atoms with Crippen molar-refractivity contribution in [1.82, 2.24) is 20.6 Å². The van der Waals surface area contributed by atoms with Gasteiger partial charge in [0.25, 0.3) is 11.8 Å². The summed E-state index contributed by atoms with van der Waals surface area (Å²) in [5, 5.41) is 6.15. The molecule has 4 N–H and O–H groups in total. The number of amides is 2. The number of thiocarbonyl (C=S) groups is 1. The number of nitrogens with one attached hydrogen (secondary N) is 2. The molecule has 0 radical (unpaired) electrons. The van der Waals surface area contributed by atoms with Gasteiger partial charge >= 0.3 is 0 Å². The molecule has 0 atom stereocenters. The first-order valence-corrected chi connectivity index (χ1v) is 13.0. The number of nitrogens with two attached hydrogens (primary N) is 1. The summed E-state index contributed by atoms with van der Waals surface area (Å²) >= 11 is 8.07. The van der Waals surface area contributed by atoms with Crippen molar-refractivity contribution in [2.75, 3.05) is 31.1 Å². The minimum atomic E-state index is -0.441. The number of fused-ring (bicyclic) bond motifs is 1. The Morgan fingerprint density at radius 3 is 2.64 bits per heavy atom. The highest BCUT2D eigenvalue weighted by molar-refractivity contribution is 7.81. The molecule has 4 heterocycles. The molecule has 11 heteroatoms. The van der Waals surface area contributed by atoms with E-state index in [4.69, 9.17) is 18.0 Å². The lowest BCUT2D eigenvalue weighted by Gasteiger charge is -2.33. The van der Waals surface area contributed by atoms with E-state index in [1.807, 2.05) is 19.1 Å². The molecule has 0 unspecified atom stereocenters. The standard InChI is InChI=1S/C22H26N6O2S3/c1-2-24-22(31)16-4-3-15(32-16)21(30)25-8-5-13-6-9-28(10-7-13)20-18-14(26-12-27-20)11-17(33-18)19(23)29/h3-4,11-13H,2,5-10H2,1H3,(H2,23,29)(H,24,31)(H,25,30). The predicted octanol–water partition coefficient (Wildman–Crippen LogP) is 3.17. The second-order valence-corrected chi connectivity index (χ2v) is 10.4. The van der Waals surface area contributed by atoms with Crippen molar-refractivity contribution in [2.45, 2.75) is 26.2 Å². The molecule has 3 aromatic heterocycles. The van der Waals surface area contributed by atoms with E-state index >= 15 is 0 Å². The zero-order chi connectivity index (χ0) is 23.4. The quantitative estimate of drug-likeness (QED) is 0.406. The largest absolute Gasteiger partial charge is 0.375 e. The van der Waals surface area contributed by atoms with Crippen LogP contribution in [-0.2, 0) is 0 Å². The fraction of sp³-hybridized carbons (Fsp3) is 0.409. The lowest BCUT2D eigenvalue weighted by Crippen LogP contribution is -2.35. The van der Waals surface area contributed by atoms with Crippen LogP contribution in [-0.4, -0.2) is 52.9 Å². The van der Waals surface area contributed by atoms with E-state index in [1.54, 1.807) is 6.07 Å². The monoisotopic (exact) mass is 502 g/mol. The Hall–Kier alpha value is -2.63. The zero-order valence-corrected chi connectivity index (χ0v) is 20.7. The predicted molar refractivity (Wildman–Crippen MR) is 138 cm³/mol. The van der Waals surface area contributed by atoms with E-state index in [2.05, 4.69) is 25.5 Å². The molecule has 1 fully saturated rings. The number of carbonyl (C=O) groups excluding carboxylic acids is 2. The van der Waals surface area contributed by atoms with Crippen LogP contribution in [0.15, 0.2) is 24.5 Å². The number of anilines is 1. The highest BCUT2D eigenvalue weighted by Crippen LogP contribution is 2.33. The SMILES string of the molecule is CCNC(=S)c1ccc(C(=O)NCCC2CCN(c3ncnc4cc(C(N)=O)sc34)CC2)s1. The number of nitrogens with zero attached hydrogens (tertiary/aromatic N) is 3. The third-order valence-corrected chi connectivity index (χ3v) is 8.41. The average Bonchev–Trinajstić information content (AvgIpc) is 3.47. The van der Waals surface area contributed by atoms with Crippen LogP contribution in [0.1, 0.15) is 50.4 Å². The summed E-state index contributed by atoms with van der Waals surface area (Å²) in [5.41, 5.74) is 6.18. The smallest absolute Gasteiger partial charge is 0.261 e. The van der Waals surface area contributed by atoms with Gasteiger partial charge in [0.15, 0.2) is 0 Å². The summed E-state index contributed by atoms with van der Waals surface area (Å²) < 4.78 is 0.904. The number of piperidine rings is 1. The van der Waals surface area contributed by atoms with Gasteiger partial charge in [-0.15, -0.1) is 22.7 Å². The van der Waals surface area contributed by atoms with Crippen LogP contribution in [0.3, 0.4) is 0 Å². The fourth-order valence-corrected chi connectivity index (χ4v) is 6.09. The van der Waals surface area contributed by atoms with E-state index < -0.39 is 5.91 Å². The van der Waals surface area contributed by atoms with E-state index in [1.165, 1.54) is 29.0 Å². The molecule has 0 aromatic carbocycles. The number of hydrogen-bond acceptors (Lipinski definition) is 8. The number of hydrogen-bond donors (Lipinski definition) is 3. The van der Waals surface area contributed by atoms with Gasteiger partial charge in [-0.3, -0.25) is 9.59 Å². The van der Waals surface area contributed by atoms with Crippen molar-refractivity contribution in [2.24, 2.45) is 11.7 Å². The Kier molecular flexibility index (Phi) is 7.51. The van der Waals surface area contributed by atoms with Gasteiger partial charge < -0.3 is 21.3 Å². The van der Waals surface area contributed by atoms with Crippen molar-refractivity contribution in [3.8, 4) is 0 Å². The van der Waals surface area contributed by atoms with Crippen LogP contribution in [0.2, 0.25) is 0 Å². The van der Waals surface area contributed by atoms with Crippen LogP contribution >= 0.6 is 34.9 Å². The molecule has 0 spiro atoms. The van der Waals surface area contributed by atoms with Crippen molar-refractivity contribution >= 4 is 67.7 Å². The molecule has 0 bridgehead atoms. The highest BCUT2D eigenvalue weighted by Gasteiger charge is 2.23. The lowest BCUT2D eigenvalue weighted by atomic mass is 9.93. The van der Waals surface area contributed by atoms with Gasteiger partial charge in [0.05, 0.1) is 24.8 Å². The molecule has 0 saturated carbocycles. The Morgan fingerprint density at radius 2 is 1.91 bits per heavy atom. The third-order valence-electron chi connectivity index (χ3n) is 5.68. The average molecular weight is 503 g/mol.